The quantitative estimate of drug-likeness (QED) is 0.430. The molecule has 2 atom stereocenters. The average Bonchev–Trinajstić information content (AvgIpc) is 3.21. The second-order valence-electron chi connectivity index (χ2n) is 9.41. The number of nitrogens with zero attached hydrogens (tertiary/aromatic N) is 6. The fourth-order valence-corrected chi connectivity index (χ4v) is 5.43. The number of amides is 1. The van der Waals surface area contributed by atoms with Crippen molar-refractivity contribution in [2.24, 2.45) is 7.05 Å². The van der Waals surface area contributed by atoms with E-state index < -0.39 is 11.4 Å². The summed E-state index contributed by atoms with van der Waals surface area (Å²) in [5.74, 6) is 0.0391. The van der Waals surface area contributed by atoms with Gasteiger partial charge in [0.15, 0.2) is 5.82 Å². The Hall–Kier alpha value is -2.20. The molecule has 0 N–H and O–H groups in total. The van der Waals surface area contributed by atoms with E-state index in [1.165, 1.54) is 0 Å². The number of aryl methyl sites for hydroxylation is 1. The first-order valence-electron chi connectivity index (χ1n) is 10.5. The lowest BCUT2D eigenvalue weighted by atomic mass is 10.1. The third-order valence-corrected chi connectivity index (χ3v) is 6.85. The van der Waals surface area contributed by atoms with E-state index in [9.17, 15) is 4.79 Å². The summed E-state index contributed by atoms with van der Waals surface area (Å²) in [5.41, 5.74) is 0.0928. The summed E-state index contributed by atoms with van der Waals surface area (Å²) >= 11 is 9.54. The number of hydrogen-bond donors (Lipinski definition) is 0. The fraction of sp³-hybridized carbons (Fsp3) is 0.524. The Morgan fingerprint density at radius 1 is 1.22 bits per heavy atom. The predicted octanol–water partition coefficient (Wildman–Crippen LogP) is 4.66. The zero-order valence-electron chi connectivity index (χ0n) is 18.2. The van der Waals surface area contributed by atoms with Crippen LogP contribution < -0.4 is 4.90 Å². The minimum absolute atomic E-state index is 0.0166. The molecule has 11 heteroatoms. The second kappa shape index (κ2) is 7.41. The number of hydrogen-bond acceptors (Lipinski definition) is 6. The summed E-state index contributed by atoms with van der Waals surface area (Å²) in [6.45, 7) is 6.70. The Bertz CT molecular complexity index is 1250. The molecule has 170 valence electrons. The maximum Gasteiger partial charge on any atom is 0.410 e. The number of carbonyl (C=O) groups is 1. The SMILES string of the molecule is Cn1cc2c(n1)c(Br)c(F)c1nc(Cl)nc(N3C[C@H]4CC[C@@H](C3)N4C(=O)OC(C)(C)C)c12. The maximum atomic E-state index is 15.2. The largest absolute Gasteiger partial charge is 0.444 e. The molecular weight excluding hydrogens is 503 g/mol. The Morgan fingerprint density at radius 2 is 1.88 bits per heavy atom. The predicted molar refractivity (Wildman–Crippen MR) is 124 cm³/mol. The van der Waals surface area contributed by atoms with Gasteiger partial charge in [-0.2, -0.15) is 10.1 Å². The average molecular weight is 526 g/mol. The van der Waals surface area contributed by atoms with E-state index in [4.69, 9.17) is 16.3 Å². The first-order valence-corrected chi connectivity index (χ1v) is 11.6. The number of ether oxygens (including phenoxy) is 1. The Labute approximate surface area is 197 Å². The lowest BCUT2D eigenvalue weighted by molar-refractivity contribution is 0.0123. The molecule has 2 aliphatic heterocycles. The molecule has 0 aliphatic carbocycles. The second-order valence-corrected chi connectivity index (χ2v) is 10.5. The van der Waals surface area contributed by atoms with E-state index in [1.54, 1.807) is 11.7 Å². The minimum atomic E-state index is -0.555. The molecular formula is C21H23BrClFN6O2. The van der Waals surface area contributed by atoms with Gasteiger partial charge in [0.25, 0.3) is 0 Å². The van der Waals surface area contributed by atoms with E-state index in [1.807, 2.05) is 31.9 Å². The van der Waals surface area contributed by atoms with Crippen LogP contribution in [-0.2, 0) is 11.8 Å². The molecule has 2 saturated heterocycles. The highest BCUT2D eigenvalue weighted by Gasteiger charge is 2.45. The van der Waals surface area contributed by atoms with Crippen molar-refractivity contribution in [3.05, 3.63) is 21.8 Å². The van der Waals surface area contributed by atoms with Crippen molar-refractivity contribution < 1.29 is 13.9 Å². The van der Waals surface area contributed by atoms with Crippen LogP contribution in [0.3, 0.4) is 0 Å². The van der Waals surface area contributed by atoms with Crippen molar-refractivity contribution in [1.29, 1.82) is 0 Å². The standard InChI is InChI=1S/C21H23BrClFN6O2/c1-21(2,3)32-20(31)30-10-5-6-11(30)8-29(7-10)18-13-12-9-28(4)27-16(12)14(22)15(24)17(13)25-19(23)26-18/h9-11H,5-8H2,1-4H3/t10-,11+. The molecule has 2 aliphatic rings. The van der Waals surface area contributed by atoms with Crippen LogP contribution in [0.2, 0.25) is 5.28 Å². The van der Waals surface area contributed by atoms with E-state index >= 15 is 4.39 Å². The summed E-state index contributed by atoms with van der Waals surface area (Å²) in [5, 5.41) is 5.69. The van der Waals surface area contributed by atoms with E-state index in [-0.39, 0.29) is 33.4 Å². The molecule has 0 spiro atoms. The van der Waals surface area contributed by atoms with Crippen LogP contribution in [0.5, 0.6) is 0 Å². The van der Waals surface area contributed by atoms with Crippen LogP contribution in [0.15, 0.2) is 10.7 Å². The van der Waals surface area contributed by atoms with Crippen LogP contribution in [0.4, 0.5) is 15.0 Å². The fourth-order valence-electron chi connectivity index (χ4n) is 4.79. The van der Waals surface area contributed by atoms with Gasteiger partial charge in [-0.25, -0.2) is 14.2 Å². The van der Waals surface area contributed by atoms with E-state index in [0.29, 0.717) is 29.8 Å². The summed E-state index contributed by atoms with van der Waals surface area (Å²) in [7, 11) is 1.78. The van der Waals surface area contributed by atoms with E-state index in [0.717, 1.165) is 18.2 Å². The highest BCUT2D eigenvalue weighted by Crippen LogP contribution is 2.41. The molecule has 2 aromatic heterocycles. The van der Waals surface area contributed by atoms with Crippen molar-refractivity contribution in [3.8, 4) is 0 Å². The number of benzene rings is 1. The summed E-state index contributed by atoms with van der Waals surface area (Å²) in [4.78, 5) is 25.4. The molecule has 0 unspecified atom stereocenters. The Balaban J connectivity index is 1.59. The highest BCUT2D eigenvalue weighted by molar-refractivity contribution is 9.10. The maximum absolute atomic E-state index is 15.2. The van der Waals surface area contributed by atoms with Gasteiger partial charge in [0, 0.05) is 31.7 Å². The van der Waals surface area contributed by atoms with Crippen LogP contribution >= 0.6 is 27.5 Å². The zero-order valence-corrected chi connectivity index (χ0v) is 20.5. The van der Waals surface area contributed by atoms with Crippen molar-refractivity contribution in [1.82, 2.24) is 24.6 Å². The lowest BCUT2D eigenvalue weighted by Crippen LogP contribution is -2.57. The van der Waals surface area contributed by atoms with Gasteiger partial charge in [-0.05, 0) is 61.1 Å². The highest BCUT2D eigenvalue weighted by atomic mass is 79.9. The van der Waals surface area contributed by atoms with Crippen molar-refractivity contribution in [2.75, 3.05) is 18.0 Å². The van der Waals surface area contributed by atoms with Crippen molar-refractivity contribution >= 4 is 61.2 Å². The molecule has 1 aromatic carbocycles. The van der Waals surface area contributed by atoms with Crippen molar-refractivity contribution in [3.63, 3.8) is 0 Å². The number of rotatable bonds is 1. The molecule has 5 rings (SSSR count). The third-order valence-electron chi connectivity index (χ3n) is 5.96. The number of halogens is 3. The summed E-state index contributed by atoms with van der Waals surface area (Å²) in [6.07, 6.45) is 3.28. The minimum Gasteiger partial charge on any atom is -0.444 e. The van der Waals surface area contributed by atoms with Gasteiger partial charge >= 0.3 is 6.09 Å². The number of aromatic nitrogens is 4. The molecule has 1 amide bonds. The first-order chi connectivity index (χ1) is 15.0. The Kier molecular flexibility index (Phi) is 5.01. The summed E-state index contributed by atoms with van der Waals surface area (Å²) in [6, 6.07) is -0.0332. The molecule has 2 fully saturated rings. The third kappa shape index (κ3) is 3.48. The molecule has 4 heterocycles. The van der Waals surface area contributed by atoms with Crippen molar-refractivity contribution in [2.45, 2.75) is 51.3 Å². The zero-order chi connectivity index (χ0) is 22.9. The van der Waals surface area contributed by atoms with Gasteiger partial charge in [-0.1, -0.05) is 0 Å². The lowest BCUT2D eigenvalue weighted by Gasteiger charge is -2.42. The summed E-state index contributed by atoms with van der Waals surface area (Å²) < 4.78 is 22.7. The molecule has 0 radical (unpaired) electrons. The van der Waals surface area contributed by atoms with Gasteiger partial charge in [0.2, 0.25) is 5.28 Å². The van der Waals surface area contributed by atoms with Crippen LogP contribution in [0, 0.1) is 5.82 Å². The number of carbonyl (C=O) groups excluding carboxylic acids is 1. The van der Waals surface area contributed by atoms with Gasteiger partial charge in [-0.15, -0.1) is 0 Å². The van der Waals surface area contributed by atoms with Gasteiger partial charge in [0.05, 0.1) is 21.9 Å². The molecule has 8 nitrogen and oxygen atoms in total. The molecule has 2 bridgehead atoms. The van der Waals surface area contributed by atoms with Crippen LogP contribution in [0.1, 0.15) is 33.6 Å². The molecule has 3 aromatic rings. The monoisotopic (exact) mass is 524 g/mol. The number of fused-ring (bicyclic) bond motifs is 5. The van der Waals surface area contributed by atoms with E-state index in [2.05, 4.69) is 35.9 Å². The molecule has 0 saturated carbocycles. The van der Waals surface area contributed by atoms with Crippen LogP contribution in [-0.4, -0.2) is 61.5 Å². The van der Waals surface area contributed by atoms with Gasteiger partial charge in [-0.3, -0.25) is 9.58 Å². The normalized spacial score (nSPS) is 21.1. The Morgan fingerprint density at radius 3 is 2.50 bits per heavy atom. The smallest absolute Gasteiger partial charge is 0.410 e. The number of anilines is 1. The topological polar surface area (TPSA) is 76.4 Å². The van der Waals surface area contributed by atoms with Gasteiger partial charge in [0.1, 0.15) is 22.5 Å². The van der Waals surface area contributed by atoms with Gasteiger partial charge < -0.3 is 9.64 Å². The van der Waals surface area contributed by atoms with Crippen LogP contribution in [0.25, 0.3) is 21.8 Å². The first kappa shape index (κ1) is 21.6. The molecule has 32 heavy (non-hydrogen) atoms. The number of piperazine rings is 1.